The number of methoxy groups -OCH3 is 1. The van der Waals surface area contributed by atoms with Gasteiger partial charge in [0.2, 0.25) is 11.8 Å². The van der Waals surface area contributed by atoms with E-state index in [4.69, 9.17) is 21.1 Å². The van der Waals surface area contributed by atoms with E-state index < -0.39 is 6.04 Å². The molecule has 1 atom stereocenters. The number of likely N-dealkylation sites (N-methyl/N-ethyl adjacent to an activating group) is 1. The third-order valence-electron chi connectivity index (χ3n) is 9.43. The number of hydrogen-bond donors (Lipinski definition) is 0. The van der Waals surface area contributed by atoms with Crippen molar-refractivity contribution >= 4 is 35.1 Å². The van der Waals surface area contributed by atoms with E-state index in [1.54, 1.807) is 12.0 Å². The number of halogens is 1. The molecular weight excluding hydrogens is 604 g/mol. The normalized spacial score (nSPS) is 21.9. The van der Waals surface area contributed by atoms with Crippen LogP contribution < -0.4 is 19.3 Å². The minimum absolute atomic E-state index is 0.0505. The van der Waals surface area contributed by atoms with Crippen LogP contribution in [0, 0.1) is 5.92 Å². The van der Waals surface area contributed by atoms with Crippen LogP contribution in [0.5, 0.6) is 11.5 Å². The molecule has 0 radical (unpaired) electrons. The summed E-state index contributed by atoms with van der Waals surface area (Å²) in [5.74, 6) is 3.16. The van der Waals surface area contributed by atoms with Crippen LogP contribution in [-0.4, -0.2) is 84.9 Å². The predicted molar refractivity (Wildman–Crippen MR) is 179 cm³/mol. The van der Waals surface area contributed by atoms with Crippen LogP contribution in [0.3, 0.4) is 0 Å². The van der Waals surface area contributed by atoms with E-state index in [1.165, 1.54) is 0 Å². The Bertz CT molecular complexity index is 1560. The van der Waals surface area contributed by atoms with E-state index in [9.17, 15) is 9.59 Å². The van der Waals surface area contributed by atoms with Gasteiger partial charge in [-0.2, -0.15) is 0 Å². The summed E-state index contributed by atoms with van der Waals surface area (Å²) >= 11 is 6.26. The number of rotatable bonds is 9. The molecule has 1 saturated heterocycles. The van der Waals surface area contributed by atoms with Crippen LogP contribution in [0.1, 0.15) is 62.3 Å². The highest BCUT2D eigenvalue weighted by Crippen LogP contribution is 2.43. The fourth-order valence-electron chi connectivity index (χ4n) is 7.06. The zero-order valence-corrected chi connectivity index (χ0v) is 28.0. The molecule has 1 aromatic heterocycles. The first kappa shape index (κ1) is 32.1. The van der Waals surface area contributed by atoms with E-state index in [1.807, 2.05) is 81.4 Å². The van der Waals surface area contributed by atoms with Crippen molar-refractivity contribution in [3.8, 4) is 11.5 Å². The summed E-state index contributed by atoms with van der Waals surface area (Å²) in [4.78, 5) is 33.8. The molecule has 3 aliphatic rings. The lowest BCUT2D eigenvalue weighted by molar-refractivity contribution is -0.125. The van der Waals surface area contributed by atoms with Crippen molar-refractivity contribution in [2.24, 2.45) is 5.92 Å². The molecule has 6 rings (SSSR count). The van der Waals surface area contributed by atoms with Gasteiger partial charge in [-0.1, -0.05) is 23.7 Å². The largest absolute Gasteiger partial charge is 0.493 e. The number of anilines is 2. The van der Waals surface area contributed by atoms with Gasteiger partial charge >= 0.3 is 0 Å². The SMILES string of the molecule is COc1cc2c(cc1OC(C)C)[C@H](c1ccc(Cl)cc1)N(c1ccc(N(C)CC3CCC(N4CC(=O)N(C)C4)CC3)nn1)C(=O)C2. The maximum atomic E-state index is 13.8. The first-order valence-corrected chi connectivity index (χ1v) is 16.5. The van der Waals surface area contributed by atoms with Gasteiger partial charge in [0, 0.05) is 31.7 Å². The molecule has 244 valence electrons. The molecule has 3 heterocycles. The molecule has 0 spiro atoms. The van der Waals surface area contributed by atoms with Gasteiger partial charge < -0.3 is 19.3 Å². The molecule has 2 amide bonds. The Labute approximate surface area is 276 Å². The highest BCUT2D eigenvalue weighted by Gasteiger charge is 2.37. The number of carbonyl (C=O) groups is 2. The smallest absolute Gasteiger partial charge is 0.237 e. The second kappa shape index (κ2) is 13.5. The van der Waals surface area contributed by atoms with E-state index in [2.05, 4.69) is 20.0 Å². The van der Waals surface area contributed by atoms with Gasteiger partial charge in [0.15, 0.2) is 23.1 Å². The number of benzene rings is 2. The Balaban J connectivity index is 1.21. The zero-order valence-electron chi connectivity index (χ0n) is 27.3. The lowest BCUT2D eigenvalue weighted by atomic mass is 9.85. The highest BCUT2D eigenvalue weighted by molar-refractivity contribution is 6.30. The van der Waals surface area contributed by atoms with Crippen LogP contribution >= 0.6 is 11.6 Å². The Morgan fingerprint density at radius 1 is 0.978 bits per heavy atom. The molecule has 11 heteroatoms. The van der Waals surface area contributed by atoms with Crippen LogP contribution in [0.4, 0.5) is 11.6 Å². The minimum atomic E-state index is -0.451. The summed E-state index contributed by atoms with van der Waals surface area (Å²) in [5, 5.41) is 9.82. The molecule has 10 nitrogen and oxygen atoms in total. The average molecular weight is 647 g/mol. The summed E-state index contributed by atoms with van der Waals surface area (Å²) in [6, 6.07) is 15.3. The topological polar surface area (TPSA) is 91.3 Å². The number of amides is 2. The average Bonchev–Trinajstić information content (AvgIpc) is 3.38. The van der Waals surface area contributed by atoms with E-state index in [0.29, 0.717) is 40.8 Å². The van der Waals surface area contributed by atoms with Crippen molar-refractivity contribution in [3.63, 3.8) is 0 Å². The highest BCUT2D eigenvalue weighted by atomic mass is 35.5. The Hall–Kier alpha value is -3.89. The minimum Gasteiger partial charge on any atom is -0.493 e. The van der Waals surface area contributed by atoms with E-state index in [-0.39, 0.29) is 24.3 Å². The number of aromatic nitrogens is 2. The molecule has 2 aliphatic heterocycles. The van der Waals surface area contributed by atoms with Crippen molar-refractivity contribution in [2.45, 2.75) is 64.1 Å². The zero-order chi connectivity index (χ0) is 32.5. The van der Waals surface area contributed by atoms with Crippen LogP contribution in [0.15, 0.2) is 48.5 Å². The molecule has 3 aromatic rings. The first-order chi connectivity index (χ1) is 22.1. The van der Waals surface area contributed by atoms with Gasteiger partial charge in [0.25, 0.3) is 0 Å². The molecule has 0 bridgehead atoms. The number of nitrogens with zero attached hydrogens (tertiary/aromatic N) is 6. The van der Waals surface area contributed by atoms with Crippen LogP contribution in [0.25, 0.3) is 0 Å². The number of ether oxygens (including phenoxy) is 2. The van der Waals surface area contributed by atoms with Gasteiger partial charge in [-0.3, -0.25) is 19.4 Å². The van der Waals surface area contributed by atoms with Crippen LogP contribution in [0.2, 0.25) is 5.02 Å². The van der Waals surface area contributed by atoms with Gasteiger partial charge in [-0.05, 0) is 98.5 Å². The Kier molecular flexibility index (Phi) is 9.38. The summed E-state index contributed by atoms with van der Waals surface area (Å²) in [7, 11) is 5.54. The van der Waals surface area contributed by atoms with Crippen molar-refractivity contribution in [1.29, 1.82) is 0 Å². The van der Waals surface area contributed by atoms with Gasteiger partial charge in [0.1, 0.15) is 0 Å². The fraction of sp³-hybridized carbons (Fsp3) is 0.486. The van der Waals surface area contributed by atoms with Gasteiger partial charge in [-0.25, -0.2) is 0 Å². The lowest BCUT2D eigenvalue weighted by Crippen LogP contribution is -2.41. The van der Waals surface area contributed by atoms with Crippen molar-refractivity contribution in [2.75, 3.05) is 50.8 Å². The fourth-order valence-corrected chi connectivity index (χ4v) is 7.19. The van der Waals surface area contributed by atoms with Crippen LogP contribution in [-0.2, 0) is 16.0 Å². The molecule has 2 fully saturated rings. The molecular formula is C35H43ClN6O4. The maximum absolute atomic E-state index is 13.8. The van der Waals surface area contributed by atoms with Crippen molar-refractivity contribution < 1.29 is 19.1 Å². The van der Waals surface area contributed by atoms with Gasteiger partial charge in [-0.15, -0.1) is 10.2 Å². The monoisotopic (exact) mass is 646 g/mol. The second-order valence-electron chi connectivity index (χ2n) is 13.0. The third-order valence-corrected chi connectivity index (χ3v) is 9.69. The molecule has 1 saturated carbocycles. The maximum Gasteiger partial charge on any atom is 0.237 e. The molecule has 2 aromatic carbocycles. The standard InChI is InChI=1S/C35H43ClN6O4/c1-22(2)46-30-18-28-25(16-29(30)45-5)17-33(43)42(35(28)24-8-10-26(36)11-9-24)32-15-14-31(37-38-32)39(3)19-23-6-12-27(13-7-23)41-20-34(44)40(4)21-41/h8-11,14-16,18,22-23,27,35H,6-7,12-13,17,19-21H2,1-5H3/t23?,27?,35-/m0/s1. The number of carbonyl (C=O) groups excluding carboxylic acids is 2. The Morgan fingerprint density at radius 2 is 1.72 bits per heavy atom. The quantitative estimate of drug-likeness (QED) is 0.308. The molecule has 1 aliphatic carbocycles. The Morgan fingerprint density at radius 3 is 2.33 bits per heavy atom. The first-order valence-electron chi connectivity index (χ1n) is 16.1. The number of fused-ring (bicyclic) bond motifs is 1. The second-order valence-corrected chi connectivity index (χ2v) is 13.5. The predicted octanol–water partition coefficient (Wildman–Crippen LogP) is 5.33. The van der Waals surface area contributed by atoms with Crippen molar-refractivity contribution in [3.05, 3.63) is 70.2 Å². The van der Waals surface area contributed by atoms with E-state index >= 15 is 0 Å². The summed E-state index contributed by atoms with van der Waals surface area (Å²) in [6.45, 7) is 6.10. The third kappa shape index (κ3) is 6.64. The number of hydrogen-bond acceptors (Lipinski definition) is 8. The summed E-state index contributed by atoms with van der Waals surface area (Å²) in [5.41, 5.74) is 2.74. The molecule has 46 heavy (non-hydrogen) atoms. The summed E-state index contributed by atoms with van der Waals surface area (Å²) < 4.78 is 11.7. The van der Waals surface area contributed by atoms with E-state index in [0.717, 1.165) is 61.4 Å². The van der Waals surface area contributed by atoms with Gasteiger partial charge in [0.05, 0.1) is 38.9 Å². The lowest BCUT2D eigenvalue weighted by Gasteiger charge is -2.37. The van der Waals surface area contributed by atoms with Crippen molar-refractivity contribution in [1.82, 2.24) is 20.0 Å². The summed E-state index contributed by atoms with van der Waals surface area (Å²) in [6.07, 6.45) is 4.59. The molecule has 0 unspecified atom stereocenters. The molecule has 0 N–H and O–H groups in total.